The number of nitrogens with zero attached hydrogens (tertiary/aromatic N) is 1. The van der Waals surface area contributed by atoms with Gasteiger partial charge < -0.3 is 10.2 Å². The molecule has 0 aromatic rings. The summed E-state index contributed by atoms with van der Waals surface area (Å²) in [5, 5.41) is 3.62. The van der Waals surface area contributed by atoms with Gasteiger partial charge in [0.15, 0.2) is 0 Å². The van der Waals surface area contributed by atoms with E-state index in [9.17, 15) is 4.79 Å². The minimum Gasteiger partial charge on any atom is -0.341 e. The summed E-state index contributed by atoms with van der Waals surface area (Å²) in [6.45, 7) is 4.25. The Morgan fingerprint density at radius 3 is 2.50 bits per heavy atom. The van der Waals surface area contributed by atoms with Gasteiger partial charge in [0.2, 0.25) is 5.91 Å². The third-order valence-electron chi connectivity index (χ3n) is 5.66. The van der Waals surface area contributed by atoms with Crippen molar-refractivity contribution in [2.75, 3.05) is 13.1 Å². The number of carbonyl (C=O) groups excluding carboxylic acids is 1. The lowest BCUT2D eigenvalue weighted by Gasteiger charge is -2.33. The van der Waals surface area contributed by atoms with Crippen molar-refractivity contribution >= 4 is 18.3 Å². The molecule has 116 valence electrons. The average molecular weight is 301 g/mol. The van der Waals surface area contributed by atoms with Gasteiger partial charge in [0.05, 0.1) is 6.04 Å². The first-order valence-electron chi connectivity index (χ1n) is 8.32. The number of piperidine rings is 1. The SMILES string of the molecule is CCC1CCN(C(=O)C2CC3CCCCC3N2)CC1.Cl. The van der Waals surface area contributed by atoms with E-state index in [-0.39, 0.29) is 18.4 Å². The first-order valence-corrected chi connectivity index (χ1v) is 8.32. The first-order chi connectivity index (χ1) is 9.28. The van der Waals surface area contributed by atoms with Crippen molar-refractivity contribution in [1.82, 2.24) is 10.2 Å². The largest absolute Gasteiger partial charge is 0.341 e. The van der Waals surface area contributed by atoms with Crippen LogP contribution in [0.25, 0.3) is 0 Å². The Kier molecular flexibility index (Phi) is 5.74. The zero-order valence-electron chi connectivity index (χ0n) is 12.6. The number of halogens is 1. The summed E-state index contributed by atoms with van der Waals surface area (Å²) in [4.78, 5) is 14.7. The first kappa shape index (κ1) is 16.1. The molecule has 2 heterocycles. The van der Waals surface area contributed by atoms with E-state index in [0.717, 1.165) is 31.3 Å². The predicted octanol–water partition coefficient (Wildman–Crippen LogP) is 2.98. The molecule has 20 heavy (non-hydrogen) atoms. The molecule has 0 bridgehead atoms. The third-order valence-corrected chi connectivity index (χ3v) is 5.66. The Morgan fingerprint density at radius 1 is 1.15 bits per heavy atom. The second-order valence-corrected chi connectivity index (χ2v) is 6.78. The highest BCUT2D eigenvalue weighted by atomic mass is 35.5. The molecule has 1 aliphatic carbocycles. The molecule has 3 rings (SSSR count). The van der Waals surface area contributed by atoms with Gasteiger partial charge in [-0.2, -0.15) is 0 Å². The zero-order chi connectivity index (χ0) is 13.2. The lowest BCUT2D eigenvalue weighted by molar-refractivity contribution is -0.134. The Balaban J connectivity index is 0.00000147. The summed E-state index contributed by atoms with van der Waals surface area (Å²) < 4.78 is 0. The van der Waals surface area contributed by atoms with Gasteiger partial charge in [-0.05, 0) is 43.9 Å². The summed E-state index contributed by atoms with van der Waals surface area (Å²) >= 11 is 0. The number of hydrogen-bond acceptors (Lipinski definition) is 2. The van der Waals surface area contributed by atoms with Gasteiger partial charge in [-0.1, -0.05) is 26.2 Å². The fourth-order valence-electron chi connectivity index (χ4n) is 4.29. The number of likely N-dealkylation sites (tertiary alicyclic amines) is 1. The van der Waals surface area contributed by atoms with E-state index in [2.05, 4.69) is 17.1 Å². The van der Waals surface area contributed by atoms with E-state index in [4.69, 9.17) is 0 Å². The quantitative estimate of drug-likeness (QED) is 0.850. The van der Waals surface area contributed by atoms with Crippen LogP contribution in [-0.2, 0) is 4.79 Å². The molecule has 0 aromatic carbocycles. The summed E-state index contributed by atoms with van der Waals surface area (Å²) in [6.07, 6.45) is 10.1. The van der Waals surface area contributed by atoms with Crippen molar-refractivity contribution in [3.05, 3.63) is 0 Å². The van der Waals surface area contributed by atoms with Crippen molar-refractivity contribution in [1.29, 1.82) is 0 Å². The second-order valence-electron chi connectivity index (χ2n) is 6.78. The maximum Gasteiger partial charge on any atom is 0.239 e. The highest BCUT2D eigenvalue weighted by molar-refractivity contribution is 5.85. The number of amides is 1. The summed E-state index contributed by atoms with van der Waals surface area (Å²) in [5.41, 5.74) is 0. The molecule has 0 spiro atoms. The smallest absolute Gasteiger partial charge is 0.239 e. The van der Waals surface area contributed by atoms with Crippen molar-refractivity contribution < 1.29 is 4.79 Å². The molecule has 1 N–H and O–H groups in total. The number of hydrogen-bond donors (Lipinski definition) is 1. The van der Waals surface area contributed by atoms with Gasteiger partial charge in [-0.3, -0.25) is 4.79 Å². The van der Waals surface area contributed by atoms with Gasteiger partial charge >= 0.3 is 0 Å². The number of nitrogens with one attached hydrogen (secondary N) is 1. The van der Waals surface area contributed by atoms with Crippen LogP contribution >= 0.6 is 12.4 Å². The highest BCUT2D eigenvalue weighted by Gasteiger charge is 2.40. The van der Waals surface area contributed by atoms with Crippen LogP contribution in [0.2, 0.25) is 0 Å². The molecule has 3 aliphatic rings. The van der Waals surface area contributed by atoms with Gasteiger partial charge in [-0.25, -0.2) is 0 Å². The predicted molar refractivity (Wildman–Crippen MR) is 84.1 cm³/mol. The Morgan fingerprint density at radius 2 is 1.85 bits per heavy atom. The molecular weight excluding hydrogens is 272 g/mol. The van der Waals surface area contributed by atoms with Gasteiger partial charge in [0, 0.05) is 19.1 Å². The zero-order valence-corrected chi connectivity index (χ0v) is 13.5. The number of fused-ring (bicyclic) bond motifs is 1. The van der Waals surface area contributed by atoms with Crippen LogP contribution in [0.1, 0.15) is 58.3 Å². The van der Waals surface area contributed by atoms with E-state index >= 15 is 0 Å². The summed E-state index contributed by atoms with van der Waals surface area (Å²) in [5.74, 6) is 2.02. The molecule has 0 radical (unpaired) electrons. The summed E-state index contributed by atoms with van der Waals surface area (Å²) in [6, 6.07) is 0.766. The second kappa shape index (κ2) is 7.13. The Hall–Kier alpha value is -0.280. The van der Waals surface area contributed by atoms with Crippen LogP contribution < -0.4 is 5.32 Å². The van der Waals surface area contributed by atoms with E-state index in [1.54, 1.807) is 0 Å². The van der Waals surface area contributed by atoms with Crippen LogP contribution in [0.3, 0.4) is 0 Å². The average Bonchev–Trinajstić information content (AvgIpc) is 2.90. The van der Waals surface area contributed by atoms with Gasteiger partial charge in [-0.15, -0.1) is 12.4 Å². The van der Waals surface area contributed by atoms with Crippen molar-refractivity contribution in [3.63, 3.8) is 0 Å². The van der Waals surface area contributed by atoms with Crippen LogP contribution in [0, 0.1) is 11.8 Å². The maximum atomic E-state index is 12.6. The fourth-order valence-corrected chi connectivity index (χ4v) is 4.29. The molecule has 2 saturated heterocycles. The van der Waals surface area contributed by atoms with Crippen molar-refractivity contribution in [2.45, 2.75) is 70.4 Å². The van der Waals surface area contributed by atoms with E-state index < -0.39 is 0 Å². The summed E-state index contributed by atoms with van der Waals surface area (Å²) in [7, 11) is 0. The molecule has 0 aromatic heterocycles. The molecule has 3 atom stereocenters. The molecule has 3 unspecified atom stereocenters. The topological polar surface area (TPSA) is 32.3 Å². The molecule has 4 heteroatoms. The minimum absolute atomic E-state index is 0. The van der Waals surface area contributed by atoms with Crippen LogP contribution in [-0.4, -0.2) is 36.0 Å². The van der Waals surface area contributed by atoms with Crippen LogP contribution in [0.15, 0.2) is 0 Å². The fraction of sp³-hybridized carbons (Fsp3) is 0.938. The van der Waals surface area contributed by atoms with Crippen molar-refractivity contribution in [2.24, 2.45) is 11.8 Å². The van der Waals surface area contributed by atoms with E-state index in [0.29, 0.717) is 11.9 Å². The lowest BCUT2D eigenvalue weighted by atomic mass is 9.85. The Bertz CT molecular complexity index is 314. The van der Waals surface area contributed by atoms with Gasteiger partial charge in [0.1, 0.15) is 0 Å². The Labute approximate surface area is 129 Å². The van der Waals surface area contributed by atoms with Crippen molar-refractivity contribution in [3.8, 4) is 0 Å². The molecule has 3 nitrogen and oxygen atoms in total. The standard InChI is InChI=1S/C16H28N2O.ClH/c1-2-12-7-9-18(10-8-12)16(19)15-11-13-5-3-4-6-14(13)17-15;/h12-15,17H,2-11H2,1H3;1H. The highest BCUT2D eigenvalue weighted by Crippen LogP contribution is 2.34. The van der Waals surface area contributed by atoms with E-state index in [1.807, 2.05) is 0 Å². The maximum absolute atomic E-state index is 12.6. The lowest BCUT2D eigenvalue weighted by Crippen LogP contribution is -2.48. The molecule has 1 saturated carbocycles. The molecular formula is C16H29ClN2O. The normalized spacial score (nSPS) is 34.5. The monoisotopic (exact) mass is 300 g/mol. The third kappa shape index (κ3) is 3.30. The van der Waals surface area contributed by atoms with Crippen LogP contribution in [0.4, 0.5) is 0 Å². The molecule has 2 aliphatic heterocycles. The minimum atomic E-state index is 0. The molecule has 1 amide bonds. The van der Waals surface area contributed by atoms with E-state index in [1.165, 1.54) is 44.9 Å². The van der Waals surface area contributed by atoms with Gasteiger partial charge in [0.25, 0.3) is 0 Å². The van der Waals surface area contributed by atoms with Crippen LogP contribution in [0.5, 0.6) is 0 Å². The number of carbonyl (C=O) groups is 1. The molecule has 3 fully saturated rings. The number of rotatable bonds is 2.